The Morgan fingerprint density at radius 2 is 2.00 bits per heavy atom. The van der Waals surface area contributed by atoms with Gasteiger partial charge in [-0.15, -0.1) is 0 Å². The normalized spacial score (nSPS) is 17.3. The molecular formula is C15H20N2O. The molecule has 0 bridgehead atoms. The monoisotopic (exact) mass is 244 g/mol. The molecule has 1 aromatic carbocycles. The number of aromatic amines is 1. The SMILES string of the molecule is c1ccc2c(CCOC3CCNCC3)c[nH]c2c1. The fraction of sp³-hybridized carbons (Fsp3) is 0.467. The second-order valence-electron chi connectivity index (χ2n) is 4.93. The van der Waals surface area contributed by atoms with Gasteiger partial charge in [0.05, 0.1) is 12.7 Å². The Morgan fingerprint density at radius 1 is 1.17 bits per heavy atom. The average molecular weight is 244 g/mol. The molecule has 18 heavy (non-hydrogen) atoms. The minimum atomic E-state index is 0.455. The van der Waals surface area contributed by atoms with Gasteiger partial charge in [-0.3, -0.25) is 0 Å². The molecule has 3 heteroatoms. The van der Waals surface area contributed by atoms with Crippen LogP contribution in [0.2, 0.25) is 0 Å². The fourth-order valence-corrected chi connectivity index (χ4v) is 2.64. The lowest BCUT2D eigenvalue weighted by Crippen LogP contribution is -2.32. The maximum atomic E-state index is 5.95. The fourth-order valence-electron chi connectivity index (χ4n) is 2.64. The average Bonchev–Trinajstić information content (AvgIpc) is 2.84. The van der Waals surface area contributed by atoms with Gasteiger partial charge < -0.3 is 15.0 Å². The number of ether oxygens (including phenoxy) is 1. The van der Waals surface area contributed by atoms with E-state index in [-0.39, 0.29) is 0 Å². The van der Waals surface area contributed by atoms with Gasteiger partial charge in [-0.1, -0.05) is 18.2 Å². The van der Waals surface area contributed by atoms with Gasteiger partial charge in [0.15, 0.2) is 0 Å². The largest absolute Gasteiger partial charge is 0.378 e. The highest BCUT2D eigenvalue weighted by Crippen LogP contribution is 2.18. The number of aromatic nitrogens is 1. The van der Waals surface area contributed by atoms with Crippen molar-refractivity contribution in [2.75, 3.05) is 19.7 Å². The van der Waals surface area contributed by atoms with E-state index < -0.39 is 0 Å². The van der Waals surface area contributed by atoms with Gasteiger partial charge in [0.1, 0.15) is 0 Å². The first kappa shape index (κ1) is 11.8. The van der Waals surface area contributed by atoms with Crippen molar-refractivity contribution in [1.29, 1.82) is 0 Å². The van der Waals surface area contributed by atoms with Crippen LogP contribution in [0.5, 0.6) is 0 Å². The minimum absolute atomic E-state index is 0.455. The van der Waals surface area contributed by atoms with Crippen molar-refractivity contribution in [3.05, 3.63) is 36.0 Å². The zero-order valence-electron chi connectivity index (χ0n) is 10.6. The van der Waals surface area contributed by atoms with Crippen LogP contribution >= 0.6 is 0 Å². The number of rotatable bonds is 4. The van der Waals surface area contributed by atoms with Crippen molar-refractivity contribution < 1.29 is 4.74 Å². The Morgan fingerprint density at radius 3 is 2.89 bits per heavy atom. The van der Waals surface area contributed by atoms with E-state index in [2.05, 4.69) is 40.8 Å². The van der Waals surface area contributed by atoms with E-state index in [0.717, 1.165) is 39.0 Å². The predicted octanol–water partition coefficient (Wildman–Crippen LogP) is 2.48. The molecule has 0 atom stereocenters. The van der Waals surface area contributed by atoms with Crippen LogP contribution in [0.15, 0.2) is 30.5 Å². The molecular weight excluding hydrogens is 224 g/mol. The van der Waals surface area contributed by atoms with Gasteiger partial charge in [-0.05, 0) is 44.0 Å². The first-order valence-corrected chi connectivity index (χ1v) is 6.81. The number of fused-ring (bicyclic) bond motifs is 1. The molecule has 2 N–H and O–H groups in total. The van der Waals surface area contributed by atoms with Crippen LogP contribution in [0.3, 0.4) is 0 Å². The van der Waals surface area contributed by atoms with Crippen LogP contribution in [0.1, 0.15) is 18.4 Å². The van der Waals surface area contributed by atoms with Gasteiger partial charge in [0.2, 0.25) is 0 Å². The molecule has 0 radical (unpaired) electrons. The highest BCUT2D eigenvalue weighted by Gasteiger charge is 2.13. The first-order valence-electron chi connectivity index (χ1n) is 6.81. The van der Waals surface area contributed by atoms with E-state index in [1.807, 2.05) is 0 Å². The van der Waals surface area contributed by atoms with E-state index in [1.165, 1.54) is 16.5 Å². The number of hydrogen-bond acceptors (Lipinski definition) is 2. The lowest BCUT2D eigenvalue weighted by molar-refractivity contribution is 0.0350. The topological polar surface area (TPSA) is 37.0 Å². The van der Waals surface area contributed by atoms with Crippen molar-refractivity contribution in [1.82, 2.24) is 10.3 Å². The summed E-state index contributed by atoms with van der Waals surface area (Å²) in [5.41, 5.74) is 2.58. The van der Waals surface area contributed by atoms with Crippen molar-refractivity contribution in [2.45, 2.75) is 25.4 Å². The lowest BCUT2D eigenvalue weighted by Gasteiger charge is -2.22. The van der Waals surface area contributed by atoms with Gasteiger partial charge in [-0.2, -0.15) is 0 Å². The quantitative estimate of drug-likeness (QED) is 0.867. The third kappa shape index (κ3) is 2.57. The molecule has 0 aliphatic carbocycles. The van der Waals surface area contributed by atoms with Crippen molar-refractivity contribution in [3.8, 4) is 0 Å². The number of benzene rings is 1. The van der Waals surface area contributed by atoms with Crippen LogP contribution in [0.4, 0.5) is 0 Å². The Hall–Kier alpha value is -1.32. The van der Waals surface area contributed by atoms with Gasteiger partial charge >= 0.3 is 0 Å². The standard InChI is InChI=1S/C15H20N2O/c1-2-4-15-14(3-1)12(11-17-15)7-10-18-13-5-8-16-9-6-13/h1-4,11,13,16-17H,5-10H2. The van der Waals surface area contributed by atoms with Crippen LogP contribution in [0, 0.1) is 0 Å². The summed E-state index contributed by atoms with van der Waals surface area (Å²) in [5, 5.41) is 4.68. The van der Waals surface area contributed by atoms with Gasteiger partial charge in [-0.25, -0.2) is 0 Å². The molecule has 0 spiro atoms. The van der Waals surface area contributed by atoms with Crippen LogP contribution in [-0.4, -0.2) is 30.8 Å². The zero-order valence-corrected chi connectivity index (χ0v) is 10.6. The number of hydrogen-bond donors (Lipinski definition) is 2. The molecule has 1 aliphatic heterocycles. The van der Waals surface area contributed by atoms with E-state index in [9.17, 15) is 0 Å². The maximum absolute atomic E-state index is 5.95. The molecule has 96 valence electrons. The van der Waals surface area contributed by atoms with Gasteiger partial charge in [0, 0.05) is 17.1 Å². The minimum Gasteiger partial charge on any atom is -0.378 e. The summed E-state index contributed by atoms with van der Waals surface area (Å²) >= 11 is 0. The third-order valence-electron chi connectivity index (χ3n) is 3.69. The van der Waals surface area contributed by atoms with Crippen LogP contribution in [-0.2, 0) is 11.2 Å². The molecule has 3 nitrogen and oxygen atoms in total. The second kappa shape index (κ2) is 5.55. The summed E-state index contributed by atoms with van der Waals surface area (Å²) in [6.07, 6.45) is 5.85. The smallest absolute Gasteiger partial charge is 0.0599 e. The summed E-state index contributed by atoms with van der Waals surface area (Å²) in [6, 6.07) is 8.44. The number of H-pyrrole nitrogens is 1. The van der Waals surface area contributed by atoms with Crippen molar-refractivity contribution >= 4 is 10.9 Å². The molecule has 1 aromatic heterocycles. The Labute approximate surface area is 108 Å². The van der Waals surface area contributed by atoms with E-state index in [0.29, 0.717) is 6.10 Å². The first-order chi connectivity index (χ1) is 8.93. The van der Waals surface area contributed by atoms with E-state index in [4.69, 9.17) is 4.74 Å². The summed E-state index contributed by atoms with van der Waals surface area (Å²) in [5.74, 6) is 0. The molecule has 1 saturated heterocycles. The van der Waals surface area contributed by atoms with Crippen molar-refractivity contribution in [3.63, 3.8) is 0 Å². The van der Waals surface area contributed by atoms with Gasteiger partial charge in [0.25, 0.3) is 0 Å². The predicted molar refractivity (Wildman–Crippen MR) is 73.8 cm³/mol. The molecule has 2 heterocycles. The van der Waals surface area contributed by atoms with Crippen molar-refractivity contribution in [2.24, 2.45) is 0 Å². The molecule has 2 aromatic rings. The highest BCUT2D eigenvalue weighted by molar-refractivity contribution is 5.82. The lowest BCUT2D eigenvalue weighted by atomic mass is 10.1. The molecule has 0 saturated carbocycles. The number of nitrogens with one attached hydrogen (secondary N) is 2. The van der Waals surface area contributed by atoms with Crippen LogP contribution < -0.4 is 5.32 Å². The molecule has 1 aliphatic rings. The zero-order chi connectivity index (χ0) is 12.2. The maximum Gasteiger partial charge on any atom is 0.0599 e. The molecule has 0 amide bonds. The highest BCUT2D eigenvalue weighted by atomic mass is 16.5. The third-order valence-corrected chi connectivity index (χ3v) is 3.69. The number of piperidine rings is 1. The Bertz CT molecular complexity index is 500. The molecule has 0 unspecified atom stereocenters. The second-order valence-corrected chi connectivity index (χ2v) is 4.93. The summed E-state index contributed by atoms with van der Waals surface area (Å²) in [6.45, 7) is 3.02. The Balaban J connectivity index is 1.56. The number of para-hydroxylation sites is 1. The van der Waals surface area contributed by atoms with E-state index >= 15 is 0 Å². The van der Waals surface area contributed by atoms with E-state index in [1.54, 1.807) is 0 Å². The molecule has 3 rings (SSSR count). The summed E-state index contributed by atoms with van der Waals surface area (Å²) in [7, 11) is 0. The van der Waals surface area contributed by atoms with Crippen LogP contribution in [0.25, 0.3) is 10.9 Å². The molecule has 1 fully saturated rings. The Kier molecular flexibility index (Phi) is 3.62. The summed E-state index contributed by atoms with van der Waals surface area (Å²) in [4.78, 5) is 3.31. The summed E-state index contributed by atoms with van der Waals surface area (Å²) < 4.78 is 5.95.